The van der Waals surface area contributed by atoms with Crippen LogP contribution in [0.1, 0.15) is 12.5 Å². The number of hydrogen-bond donors (Lipinski definition) is 1. The van der Waals surface area contributed by atoms with Crippen molar-refractivity contribution in [3.8, 4) is 22.7 Å². The van der Waals surface area contributed by atoms with Crippen LogP contribution in [0.4, 0.5) is 0 Å². The Hall–Kier alpha value is -2.95. The van der Waals surface area contributed by atoms with Gasteiger partial charge in [0, 0.05) is 16.5 Å². The highest BCUT2D eigenvalue weighted by Crippen LogP contribution is 2.34. The standard InChI is InChI=1S/C17H14N4O/c1-2-11-7-8-12-10-16(22-15(12)9-11)13-5-3-4-6-14(13)17-18-20-21-19-17/h3-10H,2H2,1H3,(H,18,19,20,21). The van der Waals surface area contributed by atoms with Crippen molar-refractivity contribution in [1.29, 1.82) is 0 Å². The first-order valence-corrected chi connectivity index (χ1v) is 7.21. The maximum Gasteiger partial charge on any atom is 0.205 e. The van der Waals surface area contributed by atoms with Crippen molar-refractivity contribution >= 4 is 11.0 Å². The Morgan fingerprint density at radius 1 is 1.05 bits per heavy atom. The van der Waals surface area contributed by atoms with Crippen molar-refractivity contribution in [2.75, 3.05) is 0 Å². The van der Waals surface area contributed by atoms with E-state index in [9.17, 15) is 0 Å². The van der Waals surface area contributed by atoms with Crippen molar-refractivity contribution in [2.24, 2.45) is 0 Å². The van der Waals surface area contributed by atoms with E-state index in [1.165, 1.54) is 5.56 Å². The number of hydrogen-bond acceptors (Lipinski definition) is 4. The highest BCUT2D eigenvalue weighted by molar-refractivity contribution is 5.87. The molecule has 4 rings (SSSR count). The molecule has 0 saturated carbocycles. The van der Waals surface area contributed by atoms with Crippen LogP contribution in [0.2, 0.25) is 0 Å². The number of aromatic amines is 1. The number of tetrazole rings is 1. The molecule has 5 heteroatoms. The van der Waals surface area contributed by atoms with Gasteiger partial charge in [0.05, 0.1) is 0 Å². The van der Waals surface area contributed by atoms with Gasteiger partial charge in [-0.3, -0.25) is 0 Å². The van der Waals surface area contributed by atoms with Crippen LogP contribution in [0.3, 0.4) is 0 Å². The average molecular weight is 290 g/mol. The monoisotopic (exact) mass is 290 g/mol. The number of H-pyrrole nitrogens is 1. The summed E-state index contributed by atoms with van der Waals surface area (Å²) in [6, 6.07) is 16.3. The topological polar surface area (TPSA) is 67.6 Å². The number of furan rings is 1. The lowest BCUT2D eigenvalue weighted by Gasteiger charge is -2.02. The van der Waals surface area contributed by atoms with E-state index in [0.29, 0.717) is 5.82 Å². The molecule has 0 saturated heterocycles. The molecule has 0 aliphatic heterocycles. The molecular formula is C17H14N4O. The lowest BCUT2D eigenvalue weighted by molar-refractivity contribution is 0.631. The van der Waals surface area contributed by atoms with E-state index in [0.717, 1.165) is 34.3 Å². The zero-order valence-electron chi connectivity index (χ0n) is 12.1. The molecule has 108 valence electrons. The van der Waals surface area contributed by atoms with Crippen LogP contribution in [-0.2, 0) is 6.42 Å². The molecule has 2 heterocycles. The summed E-state index contributed by atoms with van der Waals surface area (Å²) < 4.78 is 6.05. The van der Waals surface area contributed by atoms with Crippen LogP contribution in [0, 0.1) is 0 Å². The fourth-order valence-corrected chi connectivity index (χ4v) is 2.60. The largest absolute Gasteiger partial charge is 0.456 e. The number of fused-ring (bicyclic) bond motifs is 1. The molecule has 0 radical (unpaired) electrons. The third kappa shape index (κ3) is 2.07. The molecule has 4 aromatic rings. The average Bonchev–Trinajstić information content (AvgIpc) is 3.23. The Balaban J connectivity index is 1.89. The van der Waals surface area contributed by atoms with Gasteiger partial charge in [-0.05, 0) is 29.3 Å². The van der Waals surface area contributed by atoms with Crippen molar-refractivity contribution in [1.82, 2.24) is 20.6 Å². The number of aryl methyl sites for hydroxylation is 1. The Bertz CT molecular complexity index is 925. The van der Waals surface area contributed by atoms with E-state index in [2.05, 4.69) is 45.7 Å². The summed E-state index contributed by atoms with van der Waals surface area (Å²) in [5.41, 5.74) is 4.02. The fraction of sp³-hybridized carbons (Fsp3) is 0.118. The number of benzene rings is 2. The van der Waals surface area contributed by atoms with Crippen molar-refractivity contribution < 1.29 is 4.42 Å². The van der Waals surface area contributed by atoms with Crippen LogP contribution < -0.4 is 0 Å². The van der Waals surface area contributed by atoms with E-state index >= 15 is 0 Å². The quantitative estimate of drug-likeness (QED) is 0.622. The summed E-state index contributed by atoms with van der Waals surface area (Å²) in [6.07, 6.45) is 0.991. The molecule has 2 aromatic heterocycles. The number of nitrogens with one attached hydrogen (secondary N) is 1. The van der Waals surface area contributed by atoms with Crippen molar-refractivity contribution in [3.63, 3.8) is 0 Å². The summed E-state index contributed by atoms with van der Waals surface area (Å²) in [5, 5.41) is 15.3. The number of rotatable bonds is 3. The van der Waals surface area contributed by atoms with Gasteiger partial charge in [0.15, 0.2) is 0 Å². The van der Waals surface area contributed by atoms with Crippen LogP contribution >= 0.6 is 0 Å². The molecular weight excluding hydrogens is 276 g/mol. The summed E-state index contributed by atoms with van der Waals surface area (Å²) in [6.45, 7) is 2.14. The normalized spacial score (nSPS) is 11.1. The number of aromatic nitrogens is 4. The van der Waals surface area contributed by atoms with Gasteiger partial charge in [0.2, 0.25) is 5.82 Å². The van der Waals surface area contributed by atoms with Crippen LogP contribution in [0.5, 0.6) is 0 Å². The van der Waals surface area contributed by atoms with Gasteiger partial charge < -0.3 is 4.42 Å². The van der Waals surface area contributed by atoms with Crippen LogP contribution in [-0.4, -0.2) is 20.6 Å². The van der Waals surface area contributed by atoms with Crippen LogP contribution in [0.15, 0.2) is 52.9 Å². The lowest BCUT2D eigenvalue weighted by atomic mass is 10.0. The van der Waals surface area contributed by atoms with Gasteiger partial charge in [-0.25, -0.2) is 0 Å². The fourth-order valence-electron chi connectivity index (χ4n) is 2.60. The molecule has 22 heavy (non-hydrogen) atoms. The zero-order valence-corrected chi connectivity index (χ0v) is 12.1. The highest BCUT2D eigenvalue weighted by Gasteiger charge is 2.14. The second kappa shape index (κ2) is 5.11. The molecule has 0 bridgehead atoms. The van der Waals surface area contributed by atoms with Gasteiger partial charge >= 0.3 is 0 Å². The molecule has 0 fully saturated rings. The first-order valence-electron chi connectivity index (χ1n) is 7.21. The van der Waals surface area contributed by atoms with E-state index < -0.39 is 0 Å². The minimum absolute atomic E-state index is 0.560. The minimum atomic E-state index is 0.560. The van der Waals surface area contributed by atoms with Crippen molar-refractivity contribution in [2.45, 2.75) is 13.3 Å². The molecule has 0 atom stereocenters. The molecule has 0 aliphatic rings. The molecule has 5 nitrogen and oxygen atoms in total. The van der Waals surface area contributed by atoms with E-state index in [4.69, 9.17) is 4.42 Å². The molecule has 0 spiro atoms. The van der Waals surface area contributed by atoms with Gasteiger partial charge in [-0.15, -0.1) is 10.2 Å². The van der Waals surface area contributed by atoms with Gasteiger partial charge in [-0.1, -0.05) is 43.3 Å². The highest BCUT2D eigenvalue weighted by atomic mass is 16.3. The Kier molecular flexibility index (Phi) is 2.96. The molecule has 2 aromatic carbocycles. The predicted octanol–water partition coefficient (Wildman–Crippen LogP) is 3.84. The summed E-state index contributed by atoms with van der Waals surface area (Å²) >= 11 is 0. The first-order chi connectivity index (χ1) is 10.8. The minimum Gasteiger partial charge on any atom is -0.456 e. The Morgan fingerprint density at radius 3 is 2.68 bits per heavy atom. The summed E-state index contributed by atoms with van der Waals surface area (Å²) in [4.78, 5) is 0. The lowest BCUT2D eigenvalue weighted by Crippen LogP contribution is -1.85. The maximum absolute atomic E-state index is 6.05. The van der Waals surface area contributed by atoms with E-state index in [1.807, 2.05) is 30.3 Å². The second-order valence-corrected chi connectivity index (χ2v) is 5.12. The van der Waals surface area contributed by atoms with E-state index in [1.54, 1.807) is 0 Å². The van der Waals surface area contributed by atoms with Gasteiger partial charge in [0.1, 0.15) is 11.3 Å². The van der Waals surface area contributed by atoms with E-state index in [-0.39, 0.29) is 0 Å². The third-order valence-corrected chi connectivity index (χ3v) is 3.77. The first kappa shape index (κ1) is 12.8. The van der Waals surface area contributed by atoms with Crippen molar-refractivity contribution in [3.05, 3.63) is 54.1 Å². The summed E-state index contributed by atoms with van der Waals surface area (Å²) in [5.74, 6) is 1.37. The molecule has 0 aliphatic carbocycles. The molecule has 0 unspecified atom stereocenters. The third-order valence-electron chi connectivity index (χ3n) is 3.77. The molecule has 0 amide bonds. The van der Waals surface area contributed by atoms with Gasteiger partial charge in [-0.2, -0.15) is 5.21 Å². The Morgan fingerprint density at radius 2 is 1.91 bits per heavy atom. The van der Waals surface area contributed by atoms with Crippen LogP contribution in [0.25, 0.3) is 33.7 Å². The molecule has 1 N–H and O–H groups in total. The summed E-state index contributed by atoms with van der Waals surface area (Å²) in [7, 11) is 0. The SMILES string of the molecule is CCc1ccc2cc(-c3ccccc3-c3nn[nH]n3)oc2c1. The Labute approximate surface area is 127 Å². The van der Waals surface area contributed by atoms with Gasteiger partial charge in [0.25, 0.3) is 0 Å². The number of nitrogens with zero attached hydrogens (tertiary/aromatic N) is 3. The smallest absolute Gasteiger partial charge is 0.205 e. The second-order valence-electron chi connectivity index (χ2n) is 5.12. The predicted molar refractivity (Wildman–Crippen MR) is 84.2 cm³/mol. The maximum atomic E-state index is 6.05. The zero-order chi connectivity index (χ0) is 14.9.